The van der Waals surface area contributed by atoms with Crippen molar-refractivity contribution in [2.75, 3.05) is 11.4 Å². The van der Waals surface area contributed by atoms with Crippen molar-refractivity contribution >= 4 is 29.5 Å². The van der Waals surface area contributed by atoms with Gasteiger partial charge in [0.15, 0.2) is 5.69 Å². The average Bonchev–Trinajstić information content (AvgIpc) is 3.21. The monoisotopic (exact) mass is 464 g/mol. The van der Waals surface area contributed by atoms with Crippen molar-refractivity contribution in [1.82, 2.24) is 14.8 Å². The molecular formula is C28H24N4O3. The second-order valence-electron chi connectivity index (χ2n) is 8.49. The molecule has 5 rings (SSSR count). The standard InChI is InChI=1S/C28H24N4O3/c1-19-9-12-22(13-10-19)31-16-4-6-21-17-20(11-14-25(21)31)5-2-8-24-26(28(34)35)30-32(27(24)33)23-7-3-15-29-18-23/h3,5,7-15,17-18,30H,4,6,16H2,1H3,(H,34,35). The molecule has 1 aliphatic rings. The van der Waals surface area contributed by atoms with Crippen LogP contribution in [0.25, 0.3) is 17.8 Å². The van der Waals surface area contributed by atoms with Crippen LogP contribution in [0.2, 0.25) is 0 Å². The van der Waals surface area contributed by atoms with Gasteiger partial charge in [0, 0.05) is 24.1 Å². The fourth-order valence-corrected chi connectivity index (χ4v) is 4.34. The van der Waals surface area contributed by atoms with Crippen LogP contribution in [0.15, 0.2) is 77.5 Å². The van der Waals surface area contributed by atoms with Gasteiger partial charge >= 0.3 is 5.97 Å². The van der Waals surface area contributed by atoms with Gasteiger partial charge in [-0.2, -0.15) is 0 Å². The molecule has 0 unspecified atom stereocenters. The molecule has 174 valence electrons. The molecule has 3 heterocycles. The van der Waals surface area contributed by atoms with Crippen LogP contribution < -0.4 is 10.5 Å². The van der Waals surface area contributed by atoms with Gasteiger partial charge in [-0.15, -0.1) is 5.73 Å². The molecular weight excluding hydrogens is 440 g/mol. The number of carbonyl (C=O) groups is 1. The molecule has 0 bridgehead atoms. The van der Waals surface area contributed by atoms with Crippen molar-refractivity contribution < 1.29 is 9.90 Å². The SMILES string of the molecule is Cc1ccc(N2CCCc3cc(C=C=Cc4c(C(=O)O)[nH]n(-c5cccnc5)c4=O)ccc32)cc1. The lowest BCUT2D eigenvalue weighted by Crippen LogP contribution is -2.24. The zero-order valence-electron chi connectivity index (χ0n) is 19.2. The summed E-state index contributed by atoms with van der Waals surface area (Å²) in [4.78, 5) is 30.9. The first kappa shape index (κ1) is 22.2. The van der Waals surface area contributed by atoms with E-state index in [0.29, 0.717) is 5.69 Å². The van der Waals surface area contributed by atoms with Gasteiger partial charge in [0.2, 0.25) is 0 Å². The van der Waals surface area contributed by atoms with E-state index in [4.69, 9.17) is 0 Å². The van der Waals surface area contributed by atoms with E-state index in [0.717, 1.165) is 24.9 Å². The Morgan fingerprint density at radius 1 is 1.11 bits per heavy atom. The summed E-state index contributed by atoms with van der Waals surface area (Å²) in [6, 6.07) is 18.1. The Morgan fingerprint density at radius 3 is 2.69 bits per heavy atom. The number of nitrogens with zero attached hydrogens (tertiary/aromatic N) is 3. The zero-order chi connectivity index (χ0) is 24.4. The number of aryl methyl sites for hydroxylation is 2. The largest absolute Gasteiger partial charge is 0.477 e. The smallest absolute Gasteiger partial charge is 0.354 e. The molecule has 2 aromatic heterocycles. The lowest BCUT2D eigenvalue weighted by molar-refractivity contribution is 0.0689. The van der Waals surface area contributed by atoms with Crippen LogP contribution in [0.5, 0.6) is 0 Å². The second-order valence-corrected chi connectivity index (χ2v) is 8.49. The Hall–Kier alpha value is -4.61. The minimum Gasteiger partial charge on any atom is -0.477 e. The fourth-order valence-electron chi connectivity index (χ4n) is 4.34. The van der Waals surface area contributed by atoms with E-state index < -0.39 is 11.5 Å². The molecule has 0 saturated heterocycles. The molecule has 35 heavy (non-hydrogen) atoms. The van der Waals surface area contributed by atoms with Gasteiger partial charge in [-0.3, -0.25) is 14.9 Å². The maximum Gasteiger partial charge on any atom is 0.354 e. The van der Waals surface area contributed by atoms with Gasteiger partial charge in [0.25, 0.3) is 5.56 Å². The van der Waals surface area contributed by atoms with Crippen molar-refractivity contribution in [2.45, 2.75) is 19.8 Å². The Labute approximate surface area is 202 Å². The molecule has 0 atom stereocenters. The van der Waals surface area contributed by atoms with E-state index in [1.54, 1.807) is 24.4 Å². The topological polar surface area (TPSA) is 91.2 Å². The quantitative estimate of drug-likeness (QED) is 0.407. The number of aromatic amines is 1. The lowest BCUT2D eigenvalue weighted by atomic mass is 9.98. The first-order valence-electron chi connectivity index (χ1n) is 11.4. The van der Waals surface area contributed by atoms with Crippen LogP contribution in [0.1, 0.15) is 39.2 Å². The number of H-pyrrole nitrogens is 1. The van der Waals surface area contributed by atoms with Crippen molar-refractivity contribution in [3.8, 4) is 5.69 Å². The maximum atomic E-state index is 12.9. The highest BCUT2D eigenvalue weighted by atomic mass is 16.4. The highest BCUT2D eigenvalue weighted by Crippen LogP contribution is 2.34. The number of pyridine rings is 1. The molecule has 0 saturated carbocycles. The zero-order valence-corrected chi connectivity index (χ0v) is 19.2. The minimum atomic E-state index is -1.22. The normalized spacial score (nSPS) is 12.5. The summed E-state index contributed by atoms with van der Waals surface area (Å²) < 4.78 is 1.17. The number of benzene rings is 2. The number of carboxylic acid groups (broad SMARTS) is 1. The van der Waals surface area contributed by atoms with E-state index in [2.05, 4.69) is 64.0 Å². The third-order valence-corrected chi connectivity index (χ3v) is 6.09. The minimum absolute atomic E-state index is 0.0288. The van der Waals surface area contributed by atoms with Gasteiger partial charge in [-0.25, -0.2) is 9.48 Å². The lowest BCUT2D eigenvalue weighted by Gasteiger charge is -2.31. The van der Waals surface area contributed by atoms with Crippen LogP contribution in [0.3, 0.4) is 0 Å². The predicted molar refractivity (Wildman–Crippen MR) is 137 cm³/mol. The van der Waals surface area contributed by atoms with Gasteiger partial charge in [0.05, 0.1) is 17.4 Å². The summed E-state index contributed by atoms with van der Waals surface area (Å²) in [5, 5.41) is 12.2. The molecule has 0 amide bonds. The van der Waals surface area contributed by atoms with Crippen molar-refractivity contribution in [2.24, 2.45) is 0 Å². The predicted octanol–water partition coefficient (Wildman–Crippen LogP) is 4.98. The molecule has 2 N–H and O–H groups in total. The number of aromatic carboxylic acids is 1. The van der Waals surface area contributed by atoms with Gasteiger partial charge < -0.3 is 10.0 Å². The first-order chi connectivity index (χ1) is 17.0. The third kappa shape index (κ3) is 4.45. The molecule has 0 aliphatic carbocycles. The summed E-state index contributed by atoms with van der Waals surface area (Å²) in [5.74, 6) is -1.22. The van der Waals surface area contributed by atoms with Crippen LogP contribution in [-0.2, 0) is 6.42 Å². The van der Waals surface area contributed by atoms with Crippen molar-refractivity contribution in [3.63, 3.8) is 0 Å². The molecule has 1 aliphatic heterocycles. The second kappa shape index (κ2) is 9.33. The molecule has 2 aromatic carbocycles. The number of anilines is 2. The van der Waals surface area contributed by atoms with Crippen molar-refractivity contribution in [3.05, 3.63) is 111 Å². The molecule has 0 spiro atoms. The third-order valence-electron chi connectivity index (χ3n) is 6.09. The molecule has 0 radical (unpaired) electrons. The summed E-state index contributed by atoms with van der Waals surface area (Å²) in [6.07, 6.45) is 8.28. The molecule has 4 aromatic rings. The Balaban J connectivity index is 1.46. The van der Waals surface area contributed by atoms with Gasteiger partial charge in [-0.1, -0.05) is 23.8 Å². The summed E-state index contributed by atoms with van der Waals surface area (Å²) >= 11 is 0. The highest BCUT2D eigenvalue weighted by Gasteiger charge is 2.19. The fraction of sp³-hybridized carbons (Fsp3) is 0.143. The Bertz CT molecular complexity index is 1510. The number of rotatable bonds is 5. The Kier molecular flexibility index (Phi) is 5.92. The van der Waals surface area contributed by atoms with Crippen molar-refractivity contribution in [1.29, 1.82) is 0 Å². The van der Waals surface area contributed by atoms with Crippen LogP contribution in [0.4, 0.5) is 11.4 Å². The highest BCUT2D eigenvalue weighted by molar-refractivity contribution is 5.90. The van der Waals surface area contributed by atoms with E-state index in [9.17, 15) is 14.7 Å². The number of nitrogens with one attached hydrogen (secondary N) is 1. The number of fused-ring (bicyclic) bond motifs is 1. The number of aromatic nitrogens is 3. The average molecular weight is 465 g/mol. The first-order valence-corrected chi connectivity index (χ1v) is 11.4. The van der Waals surface area contributed by atoms with E-state index in [1.807, 2.05) is 6.07 Å². The number of carboxylic acids is 1. The number of hydrogen-bond acceptors (Lipinski definition) is 4. The van der Waals surface area contributed by atoms with E-state index in [-0.39, 0.29) is 11.3 Å². The summed E-state index contributed by atoms with van der Waals surface area (Å²) in [5.41, 5.74) is 8.60. The maximum absolute atomic E-state index is 12.9. The molecule has 7 nitrogen and oxygen atoms in total. The van der Waals surface area contributed by atoms with E-state index >= 15 is 0 Å². The van der Waals surface area contributed by atoms with E-state index in [1.165, 1.54) is 39.5 Å². The van der Waals surface area contributed by atoms with Gasteiger partial charge in [-0.05, 0) is 79.4 Å². The summed E-state index contributed by atoms with van der Waals surface area (Å²) in [6.45, 7) is 3.06. The molecule has 0 fully saturated rings. The van der Waals surface area contributed by atoms with Gasteiger partial charge in [0.1, 0.15) is 0 Å². The van der Waals surface area contributed by atoms with Crippen LogP contribution >= 0.6 is 0 Å². The van der Waals surface area contributed by atoms with Crippen LogP contribution in [-0.4, -0.2) is 32.4 Å². The number of hydrogen-bond donors (Lipinski definition) is 2. The van der Waals surface area contributed by atoms with Crippen LogP contribution in [0, 0.1) is 6.92 Å². The Morgan fingerprint density at radius 2 is 1.94 bits per heavy atom. The molecule has 7 heteroatoms. The summed E-state index contributed by atoms with van der Waals surface area (Å²) in [7, 11) is 0.